The van der Waals surface area contributed by atoms with E-state index >= 15 is 0 Å². The molecule has 1 heterocycles. The Morgan fingerprint density at radius 3 is 2.89 bits per heavy atom. The summed E-state index contributed by atoms with van der Waals surface area (Å²) in [7, 11) is 3.29. The van der Waals surface area contributed by atoms with Crippen molar-refractivity contribution in [3.63, 3.8) is 0 Å². The van der Waals surface area contributed by atoms with Crippen LogP contribution in [0.15, 0.2) is 12.3 Å². The molecule has 0 amide bonds. The van der Waals surface area contributed by atoms with Gasteiger partial charge in [-0.05, 0) is 24.3 Å². The molecule has 2 rings (SSSR count). The van der Waals surface area contributed by atoms with Crippen molar-refractivity contribution < 1.29 is 9.53 Å². The lowest BCUT2D eigenvalue weighted by Crippen LogP contribution is -2.23. The molecular formula is C13H19N3O2. The normalized spacial score (nSPS) is 21.5. The van der Waals surface area contributed by atoms with Gasteiger partial charge in [-0.25, -0.2) is 9.78 Å². The number of anilines is 2. The van der Waals surface area contributed by atoms with Crippen LogP contribution in [0, 0.1) is 11.8 Å². The summed E-state index contributed by atoms with van der Waals surface area (Å²) in [6.45, 7) is 3.16. The van der Waals surface area contributed by atoms with Crippen LogP contribution in [0.4, 0.5) is 11.5 Å². The van der Waals surface area contributed by atoms with Crippen LogP contribution < -0.4 is 10.6 Å². The Morgan fingerprint density at radius 2 is 2.33 bits per heavy atom. The van der Waals surface area contributed by atoms with Crippen LogP contribution in [0.1, 0.15) is 23.7 Å². The second kappa shape index (κ2) is 4.84. The number of nitrogen functional groups attached to an aromatic ring is 1. The van der Waals surface area contributed by atoms with Gasteiger partial charge >= 0.3 is 5.97 Å². The Labute approximate surface area is 107 Å². The van der Waals surface area contributed by atoms with Crippen LogP contribution in [0.3, 0.4) is 0 Å². The molecule has 0 aliphatic heterocycles. The highest BCUT2D eigenvalue weighted by molar-refractivity contribution is 5.97. The number of nitrogens with two attached hydrogens (primary N) is 1. The molecule has 2 N–H and O–H groups in total. The van der Waals surface area contributed by atoms with Gasteiger partial charge in [0.25, 0.3) is 0 Å². The highest BCUT2D eigenvalue weighted by Crippen LogP contribution is 2.39. The molecule has 1 aromatic rings. The van der Waals surface area contributed by atoms with E-state index in [-0.39, 0.29) is 0 Å². The lowest BCUT2D eigenvalue weighted by Gasteiger charge is -2.20. The van der Waals surface area contributed by atoms with Gasteiger partial charge in [0.15, 0.2) is 5.82 Å². The predicted molar refractivity (Wildman–Crippen MR) is 70.5 cm³/mol. The summed E-state index contributed by atoms with van der Waals surface area (Å²) in [5, 5.41) is 0. The minimum atomic E-state index is -0.427. The summed E-state index contributed by atoms with van der Waals surface area (Å²) < 4.78 is 4.70. The summed E-state index contributed by atoms with van der Waals surface area (Å²) in [6, 6.07) is 1.58. The average molecular weight is 249 g/mol. The molecule has 0 radical (unpaired) electrons. The van der Waals surface area contributed by atoms with Crippen LogP contribution >= 0.6 is 0 Å². The van der Waals surface area contributed by atoms with Gasteiger partial charge in [-0.15, -0.1) is 0 Å². The van der Waals surface area contributed by atoms with Gasteiger partial charge < -0.3 is 15.4 Å². The molecule has 0 spiro atoms. The van der Waals surface area contributed by atoms with Crippen LogP contribution in [-0.4, -0.2) is 31.7 Å². The van der Waals surface area contributed by atoms with Crippen molar-refractivity contribution >= 4 is 17.5 Å². The summed E-state index contributed by atoms with van der Waals surface area (Å²) in [6.07, 6.45) is 2.84. The van der Waals surface area contributed by atoms with Gasteiger partial charge in [0.2, 0.25) is 0 Å². The number of aromatic nitrogens is 1. The first-order chi connectivity index (χ1) is 8.54. The summed E-state index contributed by atoms with van der Waals surface area (Å²) in [4.78, 5) is 17.8. The van der Waals surface area contributed by atoms with E-state index in [4.69, 9.17) is 10.5 Å². The molecule has 5 nitrogen and oxygen atoms in total. The first kappa shape index (κ1) is 12.7. The molecule has 2 atom stereocenters. The molecule has 1 saturated carbocycles. The third kappa shape index (κ3) is 2.39. The molecule has 1 aliphatic carbocycles. The number of carbonyl (C=O) groups excluding carboxylic acids is 1. The molecule has 1 fully saturated rings. The van der Waals surface area contributed by atoms with E-state index in [2.05, 4.69) is 11.9 Å². The molecule has 1 aliphatic rings. The van der Waals surface area contributed by atoms with E-state index < -0.39 is 5.97 Å². The standard InChI is InChI=1S/C13H19N3O2/c1-8-6-9(8)7-16(2)12-11(14)10(4-5-15-12)13(17)18-3/h4-5,8-9H,6-7,14H2,1-3H3. The van der Waals surface area contributed by atoms with Crippen molar-refractivity contribution in [3.05, 3.63) is 17.8 Å². The minimum Gasteiger partial charge on any atom is -0.465 e. The zero-order valence-electron chi connectivity index (χ0n) is 11.0. The number of ether oxygens (including phenoxy) is 1. The quantitative estimate of drug-likeness (QED) is 0.820. The number of carbonyl (C=O) groups is 1. The van der Waals surface area contributed by atoms with Crippen molar-refractivity contribution in [1.29, 1.82) is 0 Å². The Balaban J connectivity index is 2.19. The molecule has 2 unspecified atom stereocenters. The molecule has 0 bridgehead atoms. The number of rotatable bonds is 4. The van der Waals surface area contributed by atoms with E-state index in [1.54, 1.807) is 12.3 Å². The Morgan fingerprint density at radius 1 is 1.67 bits per heavy atom. The van der Waals surface area contributed by atoms with Crippen molar-refractivity contribution in [3.8, 4) is 0 Å². The van der Waals surface area contributed by atoms with Gasteiger partial charge in [-0.1, -0.05) is 6.92 Å². The lowest BCUT2D eigenvalue weighted by molar-refractivity contribution is 0.0602. The van der Waals surface area contributed by atoms with E-state index in [1.165, 1.54) is 13.5 Å². The Bertz CT molecular complexity index is 462. The first-order valence-electron chi connectivity index (χ1n) is 6.08. The monoisotopic (exact) mass is 249 g/mol. The molecule has 18 heavy (non-hydrogen) atoms. The maximum Gasteiger partial charge on any atom is 0.340 e. The first-order valence-corrected chi connectivity index (χ1v) is 6.08. The van der Waals surface area contributed by atoms with Crippen molar-refractivity contribution in [2.45, 2.75) is 13.3 Å². The minimum absolute atomic E-state index is 0.373. The molecule has 1 aromatic heterocycles. The maximum atomic E-state index is 11.5. The largest absolute Gasteiger partial charge is 0.465 e. The maximum absolute atomic E-state index is 11.5. The van der Waals surface area contributed by atoms with Crippen molar-refractivity contribution in [2.24, 2.45) is 11.8 Å². The number of pyridine rings is 1. The van der Waals surface area contributed by atoms with E-state index in [9.17, 15) is 4.79 Å². The molecule has 0 saturated heterocycles. The topological polar surface area (TPSA) is 68.5 Å². The number of hydrogen-bond acceptors (Lipinski definition) is 5. The average Bonchev–Trinajstić information content (AvgIpc) is 3.04. The highest BCUT2D eigenvalue weighted by atomic mass is 16.5. The van der Waals surface area contributed by atoms with Gasteiger partial charge in [0.1, 0.15) is 0 Å². The smallest absolute Gasteiger partial charge is 0.340 e. The third-order valence-corrected chi connectivity index (χ3v) is 3.52. The number of methoxy groups -OCH3 is 1. The number of esters is 1. The lowest BCUT2D eigenvalue weighted by atomic mass is 10.2. The van der Waals surface area contributed by atoms with E-state index in [0.29, 0.717) is 23.0 Å². The SMILES string of the molecule is COC(=O)c1ccnc(N(C)CC2CC2C)c1N. The summed E-state index contributed by atoms with van der Waals surface area (Å²) >= 11 is 0. The van der Waals surface area contributed by atoms with E-state index in [0.717, 1.165) is 12.5 Å². The van der Waals surface area contributed by atoms with Crippen LogP contribution in [0.2, 0.25) is 0 Å². The fourth-order valence-electron chi connectivity index (χ4n) is 2.15. The third-order valence-electron chi connectivity index (χ3n) is 3.52. The highest BCUT2D eigenvalue weighted by Gasteiger charge is 2.33. The zero-order chi connectivity index (χ0) is 13.3. The Hall–Kier alpha value is -1.78. The van der Waals surface area contributed by atoms with Gasteiger partial charge in [0.05, 0.1) is 18.4 Å². The van der Waals surface area contributed by atoms with Crippen LogP contribution in [-0.2, 0) is 4.74 Å². The molecule has 5 heteroatoms. The molecule has 0 aromatic carbocycles. The van der Waals surface area contributed by atoms with Gasteiger partial charge in [0, 0.05) is 19.8 Å². The molecule has 98 valence electrons. The second-order valence-electron chi connectivity index (χ2n) is 4.94. The second-order valence-corrected chi connectivity index (χ2v) is 4.94. The molecular weight excluding hydrogens is 230 g/mol. The van der Waals surface area contributed by atoms with E-state index in [1.807, 2.05) is 11.9 Å². The summed E-state index contributed by atoms with van der Waals surface area (Å²) in [5.74, 6) is 1.71. The number of nitrogens with zero attached hydrogens (tertiary/aromatic N) is 2. The van der Waals surface area contributed by atoms with Crippen LogP contribution in [0.25, 0.3) is 0 Å². The predicted octanol–water partition coefficient (Wildman–Crippen LogP) is 1.54. The fourth-order valence-corrected chi connectivity index (χ4v) is 2.15. The van der Waals surface area contributed by atoms with Crippen molar-refractivity contribution in [2.75, 3.05) is 31.3 Å². The zero-order valence-corrected chi connectivity index (χ0v) is 11.0. The number of hydrogen-bond donors (Lipinski definition) is 1. The van der Waals surface area contributed by atoms with Gasteiger partial charge in [-0.3, -0.25) is 0 Å². The summed E-state index contributed by atoms with van der Waals surface area (Å²) in [5.41, 5.74) is 6.75. The van der Waals surface area contributed by atoms with Crippen molar-refractivity contribution in [1.82, 2.24) is 4.98 Å². The van der Waals surface area contributed by atoms with Gasteiger partial charge in [-0.2, -0.15) is 0 Å². The Kier molecular flexibility index (Phi) is 3.41. The van der Waals surface area contributed by atoms with Crippen LogP contribution in [0.5, 0.6) is 0 Å². The fraction of sp³-hybridized carbons (Fsp3) is 0.538.